The Morgan fingerprint density at radius 1 is 1.37 bits per heavy atom. The van der Waals surface area contributed by atoms with Gasteiger partial charge in [-0.3, -0.25) is 10.1 Å². The summed E-state index contributed by atoms with van der Waals surface area (Å²) in [4.78, 5) is 10.2. The second kappa shape index (κ2) is 6.62. The molecule has 0 bridgehead atoms. The van der Waals surface area contributed by atoms with E-state index >= 15 is 0 Å². The molecule has 1 N–H and O–H groups in total. The van der Waals surface area contributed by atoms with E-state index in [4.69, 9.17) is 0 Å². The normalized spacial score (nSPS) is 11.5. The molecule has 0 aliphatic heterocycles. The van der Waals surface area contributed by atoms with Crippen molar-refractivity contribution in [3.8, 4) is 0 Å². The molecule has 0 aliphatic carbocycles. The number of benzene rings is 1. The lowest BCUT2D eigenvalue weighted by molar-refractivity contribution is -0.385. The molecule has 0 atom stereocenters. The molecule has 1 rings (SSSR count). The van der Waals surface area contributed by atoms with Gasteiger partial charge >= 0.3 is 0 Å². The Labute approximate surface area is 125 Å². The van der Waals surface area contributed by atoms with Crippen LogP contribution in [0.25, 0.3) is 0 Å². The second-order valence-electron chi connectivity index (χ2n) is 4.08. The molecule has 6 nitrogen and oxygen atoms in total. The van der Waals surface area contributed by atoms with Crippen molar-refractivity contribution >= 4 is 38.3 Å². The van der Waals surface area contributed by atoms with E-state index in [1.807, 2.05) is 0 Å². The van der Waals surface area contributed by atoms with Crippen LogP contribution in [0.1, 0.15) is 17.5 Å². The fourth-order valence-electron chi connectivity index (χ4n) is 1.54. The Bertz CT molecular complexity index is 587. The first kappa shape index (κ1) is 16.3. The van der Waals surface area contributed by atoms with E-state index in [1.165, 1.54) is 6.07 Å². The number of nitro groups is 1. The third-order valence-electron chi connectivity index (χ3n) is 2.71. The Morgan fingerprint density at radius 2 is 2.00 bits per heavy atom. The maximum Gasteiger partial charge on any atom is 0.271 e. The summed E-state index contributed by atoms with van der Waals surface area (Å²) in [5.74, 6) is 0. The molecule has 0 radical (unpaired) electrons. The summed E-state index contributed by atoms with van der Waals surface area (Å²) in [5, 5.41) is 10.8. The van der Waals surface area contributed by atoms with E-state index in [0.29, 0.717) is 24.1 Å². The highest BCUT2D eigenvalue weighted by molar-refractivity contribution is 14.1. The van der Waals surface area contributed by atoms with Gasteiger partial charge in [0.15, 0.2) is 0 Å². The van der Waals surface area contributed by atoms with Crippen LogP contribution in [0.2, 0.25) is 0 Å². The first-order chi connectivity index (χ1) is 8.79. The molecule has 0 spiro atoms. The molecule has 1 aromatic rings. The summed E-state index contributed by atoms with van der Waals surface area (Å²) in [6, 6.07) is 2.48. The number of alkyl halides is 1. The highest BCUT2D eigenvalue weighted by atomic mass is 127. The zero-order valence-corrected chi connectivity index (χ0v) is 13.6. The number of hydrogen-bond acceptors (Lipinski definition) is 4. The molecule has 0 amide bonds. The third-order valence-corrected chi connectivity index (χ3v) is 5.06. The Kier molecular flexibility index (Phi) is 5.68. The van der Waals surface area contributed by atoms with Crippen LogP contribution in [0.5, 0.6) is 0 Å². The summed E-state index contributed by atoms with van der Waals surface area (Å²) >= 11 is 2.16. The Balaban J connectivity index is 3.21. The van der Waals surface area contributed by atoms with E-state index in [0.717, 1.165) is 10.5 Å². The van der Waals surface area contributed by atoms with Gasteiger partial charge in [-0.15, -0.1) is 0 Å². The first-order valence-electron chi connectivity index (χ1n) is 5.61. The third kappa shape index (κ3) is 4.11. The van der Waals surface area contributed by atoms with Gasteiger partial charge in [0.1, 0.15) is 0 Å². The van der Waals surface area contributed by atoms with Crippen molar-refractivity contribution in [2.75, 3.05) is 11.0 Å². The summed E-state index contributed by atoms with van der Waals surface area (Å²) in [7, 11) is -3.70. The van der Waals surface area contributed by atoms with E-state index in [-0.39, 0.29) is 10.6 Å². The zero-order valence-electron chi connectivity index (χ0n) is 10.6. The number of halogens is 1. The van der Waals surface area contributed by atoms with Gasteiger partial charge in [0.05, 0.1) is 9.82 Å². The average molecular weight is 398 g/mol. The SMILES string of the molecule is Cc1cc([N+](=O)[O-])cc(S(=O)(=O)NCCCI)c1C. The molecule has 0 fully saturated rings. The van der Waals surface area contributed by atoms with E-state index < -0.39 is 14.9 Å². The smallest absolute Gasteiger partial charge is 0.258 e. The lowest BCUT2D eigenvalue weighted by Crippen LogP contribution is -2.26. The summed E-state index contributed by atoms with van der Waals surface area (Å²) < 4.78 is 27.5. The minimum Gasteiger partial charge on any atom is -0.258 e. The fraction of sp³-hybridized carbons (Fsp3) is 0.455. The number of nitro benzene ring substituents is 1. The summed E-state index contributed by atoms with van der Waals surface area (Å²) in [6.45, 7) is 3.63. The zero-order chi connectivity index (χ0) is 14.6. The molecule has 0 aliphatic rings. The molecule has 0 saturated carbocycles. The van der Waals surface area contributed by atoms with Gasteiger partial charge in [-0.2, -0.15) is 0 Å². The Morgan fingerprint density at radius 3 is 2.53 bits per heavy atom. The van der Waals surface area contributed by atoms with Crippen molar-refractivity contribution in [3.63, 3.8) is 0 Å². The van der Waals surface area contributed by atoms with Crippen LogP contribution in [0.4, 0.5) is 5.69 Å². The minimum atomic E-state index is -3.70. The number of aryl methyl sites for hydroxylation is 1. The maximum absolute atomic E-state index is 12.1. The largest absolute Gasteiger partial charge is 0.271 e. The first-order valence-corrected chi connectivity index (χ1v) is 8.61. The molecule has 106 valence electrons. The number of hydrogen-bond donors (Lipinski definition) is 1. The van der Waals surface area contributed by atoms with Crippen molar-refractivity contribution in [1.29, 1.82) is 0 Å². The van der Waals surface area contributed by atoms with Crippen molar-refractivity contribution in [3.05, 3.63) is 33.4 Å². The number of rotatable bonds is 6. The van der Waals surface area contributed by atoms with Gasteiger partial charge in [-0.05, 0) is 31.4 Å². The molecule has 0 unspecified atom stereocenters. The number of sulfonamides is 1. The molecule has 0 aromatic heterocycles. The van der Waals surface area contributed by atoms with Crippen LogP contribution in [-0.4, -0.2) is 24.3 Å². The van der Waals surface area contributed by atoms with Gasteiger partial charge in [0, 0.05) is 23.1 Å². The van der Waals surface area contributed by atoms with Crippen LogP contribution in [0.15, 0.2) is 17.0 Å². The molecule has 1 aromatic carbocycles. The van der Waals surface area contributed by atoms with Crippen LogP contribution in [0.3, 0.4) is 0 Å². The van der Waals surface area contributed by atoms with Gasteiger partial charge < -0.3 is 0 Å². The van der Waals surface area contributed by atoms with Gasteiger partial charge in [-0.1, -0.05) is 22.6 Å². The molecular formula is C11H15IN2O4S. The molecule has 0 heterocycles. The van der Waals surface area contributed by atoms with E-state index in [9.17, 15) is 18.5 Å². The predicted molar refractivity (Wildman–Crippen MR) is 81.3 cm³/mol. The van der Waals surface area contributed by atoms with Crippen LogP contribution in [0, 0.1) is 24.0 Å². The minimum absolute atomic E-state index is 0.0207. The van der Waals surface area contributed by atoms with Crippen molar-refractivity contribution in [2.45, 2.75) is 25.2 Å². The predicted octanol–water partition coefficient (Wildman–Crippen LogP) is 2.32. The average Bonchev–Trinajstić information content (AvgIpc) is 2.32. The summed E-state index contributed by atoms with van der Waals surface area (Å²) in [6.07, 6.45) is 0.715. The highest BCUT2D eigenvalue weighted by Crippen LogP contribution is 2.25. The lowest BCUT2D eigenvalue weighted by Gasteiger charge is -2.10. The summed E-state index contributed by atoms with van der Waals surface area (Å²) in [5.41, 5.74) is 0.911. The van der Waals surface area contributed by atoms with Gasteiger partial charge in [-0.25, -0.2) is 13.1 Å². The van der Waals surface area contributed by atoms with Gasteiger partial charge in [0.2, 0.25) is 10.0 Å². The molecular weight excluding hydrogens is 383 g/mol. The van der Waals surface area contributed by atoms with Crippen molar-refractivity contribution < 1.29 is 13.3 Å². The van der Waals surface area contributed by atoms with Gasteiger partial charge in [0.25, 0.3) is 5.69 Å². The highest BCUT2D eigenvalue weighted by Gasteiger charge is 2.21. The molecule has 8 heteroatoms. The fourth-order valence-corrected chi connectivity index (χ4v) is 3.33. The van der Waals surface area contributed by atoms with E-state index in [2.05, 4.69) is 27.3 Å². The topological polar surface area (TPSA) is 89.3 Å². The monoisotopic (exact) mass is 398 g/mol. The number of nitrogens with zero attached hydrogens (tertiary/aromatic N) is 1. The van der Waals surface area contributed by atoms with Crippen molar-refractivity contribution in [2.24, 2.45) is 0 Å². The number of nitrogens with one attached hydrogen (secondary N) is 1. The second-order valence-corrected chi connectivity index (χ2v) is 6.90. The van der Waals surface area contributed by atoms with Crippen molar-refractivity contribution in [1.82, 2.24) is 4.72 Å². The molecule has 0 saturated heterocycles. The quantitative estimate of drug-likeness (QED) is 0.262. The van der Waals surface area contributed by atoms with Crippen LogP contribution in [-0.2, 0) is 10.0 Å². The van der Waals surface area contributed by atoms with Crippen LogP contribution < -0.4 is 4.72 Å². The van der Waals surface area contributed by atoms with E-state index in [1.54, 1.807) is 13.8 Å². The van der Waals surface area contributed by atoms with Crippen LogP contribution >= 0.6 is 22.6 Å². The molecule has 19 heavy (non-hydrogen) atoms. The maximum atomic E-state index is 12.1. The number of non-ortho nitro benzene ring substituents is 1. The lowest BCUT2D eigenvalue weighted by atomic mass is 10.1. The Hall–Kier alpha value is -0.740. The standard InChI is InChI=1S/C11H15IN2O4S/c1-8-6-10(14(15)16)7-11(9(8)2)19(17,18)13-5-3-4-12/h6-7,13H,3-5H2,1-2H3.